The molecular formula is C24H35N3O4S. The molecule has 2 rings (SSSR count). The Morgan fingerprint density at radius 1 is 1.12 bits per heavy atom. The van der Waals surface area contributed by atoms with E-state index in [9.17, 15) is 18.3 Å². The van der Waals surface area contributed by atoms with Crippen LogP contribution in [0.15, 0.2) is 53.4 Å². The summed E-state index contributed by atoms with van der Waals surface area (Å²) in [7, 11) is -3.66. The molecule has 0 aromatic heterocycles. The quantitative estimate of drug-likeness (QED) is 0.451. The first-order chi connectivity index (χ1) is 15.2. The van der Waals surface area contributed by atoms with Gasteiger partial charge in [-0.15, -0.1) is 0 Å². The van der Waals surface area contributed by atoms with Crippen molar-refractivity contribution in [3.63, 3.8) is 0 Å². The largest absolute Gasteiger partial charge is 0.390 e. The van der Waals surface area contributed by atoms with Crippen molar-refractivity contribution in [2.75, 3.05) is 19.6 Å². The first-order valence-corrected chi connectivity index (χ1v) is 12.5. The molecule has 2 unspecified atom stereocenters. The van der Waals surface area contributed by atoms with E-state index in [4.69, 9.17) is 0 Å². The number of sulfonamides is 1. The maximum Gasteiger partial charge on any atom is 0.251 e. The number of aliphatic hydroxyl groups excluding tert-OH is 1. The Balaban J connectivity index is 1.97. The van der Waals surface area contributed by atoms with Gasteiger partial charge >= 0.3 is 0 Å². The van der Waals surface area contributed by atoms with Crippen LogP contribution in [0.1, 0.15) is 48.7 Å². The molecule has 1 amide bonds. The highest BCUT2D eigenvalue weighted by atomic mass is 32.2. The number of aryl methyl sites for hydroxylation is 1. The van der Waals surface area contributed by atoms with E-state index in [2.05, 4.69) is 16.7 Å². The van der Waals surface area contributed by atoms with E-state index in [1.54, 1.807) is 26.0 Å². The van der Waals surface area contributed by atoms with Gasteiger partial charge in [0.05, 0.1) is 17.0 Å². The van der Waals surface area contributed by atoms with Gasteiger partial charge in [0.2, 0.25) is 10.0 Å². The molecule has 2 atom stereocenters. The summed E-state index contributed by atoms with van der Waals surface area (Å²) in [6, 6.07) is 13.6. The average molecular weight is 462 g/mol. The van der Waals surface area contributed by atoms with Crippen LogP contribution in [0, 0.1) is 6.92 Å². The molecule has 176 valence electrons. The summed E-state index contributed by atoms with van der Waals surface area (Å²) in [4.78, 5) is 12.8. The summed E-state index contributed by atoms with van der Waals surface area (Å²) in [5, 5.41) is 16.4. The van der Waals surface area contributed by atoms with Crippen LogP contribution in [0.3, 0.4) is 0 Å². The van der Waals surface area contributed by atoms with E-state index < -0.39 is 28.1 Å². The highest BCUT2D eigenvalue weighted by molar-refractivity contribution is 7.89. The van der Waals surface area contributed by atoms with Crippen LogP contribution in [-0.4, -0.2) is 55.5 Å². The number of aliphatic hydroxyl groups is 1. The minimum absolute atomic E-state index is 0.0912. The average Bonchev–Trinajstić information content (AvgIpc) is 2.77. The number of carbonyl (C=O) groups excluding carboxylic acids is 1. The maximum atomic E-state index is 12.9. The number of hydrogen-bond donors (Lipinski definition) is 3. The van der Waals surface area contributed by atoms with Crippen molar-refractivity contribution < 1.29 is 18.3 Å². The van der Waals surface area contributed by atoms with Crippen LogP contribution in [0.25, 0.3) is 0 Å². The number of carbonyl (C=O) groups is 1. The van der Waals surface area contributed by atoms with Gasteiger partial charge in [-0.25, -0.2) is 8.42 Å². The molecule has 0 heterocycles. The maximum absolute atomic E-state index is 12.9. The number of hydrogen-bond acceptors (Lipinski definition) is 5. The standard InChI is InChI=1S/C24H35N3O4S/c1-5-13-27(6-2)32(30,31)22-12-8-11-21(15-22)24(29)26-19(4)23(28)17-25-16-20-10-7-9-18(3)14-20/h7-12,14-15,19,23,25,28H,5-6,13,16-17H2,1-4H3,(H,26,29). The topological polar surface area (TPSA) is 98.7 Å². The second-order valence-electron chi connectivity index (χ2n) is 7.97. The molecule has 0 radical (unpaired) electrons. The molecule has 32 heavy (non-hydrogen) atoms. The second-order valence-corrected chi connectivity index (χ2v) is 9.91. The third kappa shape index (κ3) is 7.13. The van der Waals surface area contributed by atoms with Crippen molar-refractivity contribution in [2.24, 2.45) is 0 Å². The van der Waals surface area contributed by atoms with Crippen molar-refractivity contribution in [3.8, 4) is 0 Å². The van der Waals surface area contributed by atoms with Gasteiger partial charge in [-0.2, -0.15) is 4.31 Å². The van der Waals surface area contributed by atoms with Crippen LogP contribution in [-0.2, 0) is 16.6 Å². The second kappa shape index (κ2) is 12.1. The Labute approximate surface area is 191 Å². The van der Waals surface area contributed by atoms with Crippen LogP contribution < -0.4 is 10.6 Å². The van der Waals surface area contributed by atoms with Crippen LogP contribution in [0.5, 0.6) is 0 Å². The number of nitrogens with one attached hydrogen (secondary N) is 2. The van der Waals surface area contributed by atoms with Crippen LogP contribution >= 0.6 is 0 Å². The predicted molar refractivity (Wildman–Crippen MR) is 127 cm³/mol. The molecule has 0 aliphatic carbocycles. The molecule has 0 aliphatic rings. The van der Waals surface area contributed by atoms with Gasteiger partial charge in [-0.05, 0) is 44.0 Å². The fraction of sp³-hybridized carbons (Fsp3) is 0.458. The summed E-state index contributed by atoms with van der Waals surface area (Å²) in [6.45, 7) is 9.18. The lowest BCUT2D eigenvalue weighted by Crippen LogP contribution is -2.45. The number of amides is 1. The lowest BCUT2D eigenvalue weighted by molar-refractivity contribution is 0.0849. The fourth-order valence-corrected chi connectivity index (χ4v) is 4.98. The van der Waals surface area contributed by atoms with Crippen molar-refractivity contribution in [1.82, 2.24) is 14.9 Å². The minimum Gasteiger partial charge on any atom is -0.390 e. The molecule has 3 N–H and O–H groups in total. The molecule has 2 aromatic rings. The Hall–Kier alpha value is -2.26. The molecule has 7 nitrogen and oxygen atoms in total. The van der Waals surface area contributed by atoms with Crippen molar-refractivity contribution >= 4 is 15.9 Å². The van der Waals surface area contributed by atoms with E-state index in [0.29, 0.717) is 32.6 Å². The van der Waals surface area contributed by atoms with E-state index in [1.807, 2.05) is 32.0 Å². The van der Waals surface area contributed by atoms with E-state index in [-0.39, 0.29) is 10.5 Å². The molecule has 0 fully saturated rings. The predicted octanol–water partition coefficient (Wildman–Crippen LogP) is 2.68. The van der Waals surface area contributed by atoms with Gasteiger partial charge in [-0.1, -0.05) is 49.7 Å². The van der Waals surface area contributed by atoms with Crippen LogP contribution in [0.2, 0.25) is 0 Å². The van der Waals surface area contributed by atoms with Gasteiger partial charge in [0.15, 0.2) is 0 Å². The Morgan fingerprint density at radius 2 is 1.84 bits per heavy atom. The van der Waals surface area contributed by atoms with E-state index in [1.165, 1.54) is 22.0 Å². The van der Waals surface area contributed by atoms with Crippen LogP contribution in [0.4, 0.5) is 0 Å². The molecular weight excluding hydrogens is 426 g/mol. The third-order valence-corrected chi connectivity index (χ3v) is 7.23. The Morgan fingerprint density at radius 3 is 2.50 bits per heavy atom. The third-order valence-electron chi connectivity index (χ3n) is 5.26. The number of benzene rings is 2. The molecule has 0 bridgehead atoms. The highest BCUT2D eigenvalue weighted by Crippen LogP contribution is 2.17. The summed E-state index contributed by atoms with van der Waals surface area (Å²) >= 11 is 0. The first kappa shape index (κ1) is 26.0. The lowest BCUT2D eigenvalue weighted by atomic mass is 10.1. The molecule has 8 heteroatoms. The van der Waals surface area contributed by atoms with Gasteiger partial charge in [0.25, 0.3) is 5.91 Å². The van der Waals surface area contributed by atoms with E-state index in [0.717, 1.165) is 5.56 Å². The Kier molecular flexibility index (Phi) is 9.84. The number of rotatable bonds is 12. The summed E-state index contributed by atoms with van der Waals surface area (Å²) in [5.74, 6) is -0.425. The highest BCUT2D eigenvalue weighted by Gasteiger charge is 2.24. The van der Waals surface area contributed by atoms with Crippen molar-refractivity contribution in [2.45, 2.75) is 57.7 Å². The zero-order chi connectivity index (χ0) is 23.7. The minimum atomic E-state index is -3.66. The van der Waals surface area contributed by atoms with Crippen molar-refractivity contribution in [3.05, 3.63) is 65.2 Å². The van der Waals surface area contributed by atoms with Crippen molar-refractivity contribution in [1.29, 1.82) is 0 Å². The smallest absolute Gasteiger partial charge is 0.251 e. The zero-order valence-corrected chi connectivity index (χ0v) is 20.2. The first-order valence-electron chi connectivity index (χ1n) is 11.0. The SMILES string of the molecule is CCCN(CC)S(=O)(=O)c1cccc(C(=O)NC(C)C(O)CNCc2cccc(C)c2)c1. The number of nitrogens with zero attached hydrogens (tertiary/aromatic N) is 1. The molecule has 0 spiro atoms. The zero-order valence-electron chi connectivity index (χ0n) is 19.3. The summed E-state index contributed by atoms with van der Waals surface area (Å²) < 4.78 is 27.1. The lowest BCUT2D eigenvalue weighted by Gasteiger charge is -2.22. The van der Waals surface area contributed by atoms with Gasteiger partial charge in [0, 0.05) is 31.7 Å². The summed E-state index contributed by atoms with van der Waals surface area (Å²) in [6.07, 6.45) is -0.0867. The molecule has 0 saturated heterocycles. The van der Waals surface area contributed by atoms with E-state index >= 15 is 0 Å². The van der Waals surface area contributed by atoms with Gasteiger partial charge < -0.3 is 15.7 Å². The Bertz CT molecular complexity index is 994. The monoisotopic (exact) mass is 461 g/mol. The summed E-state index contributed by atoms with van der Waals surface area (Å²) in [5.41, 5.74) is 2.54. The molecule has 0 aliphatic heterocycles. The molecule has 2 aromatic carbocycles. The fourth-order valence-electron chi connectivity index (χ4n) is 3.39. The van der Waals surface area contributed by atoms with Gasteiger partial charge in [-0.3, -0.25) is 4.79 Å². The van der Waals surface area contributed by atoms with Gasteiger partial charge in [0.1, 0.15) is 0 Å². The molecule has 0 saturated carbocycles. The normalized spacial score (nSPS) is 13.7.